The number of hydrogen-bond acceptors (Lipinski definition) is 4. The summed E-state index contributed by atoms with van der Waals surface area (Å²) in [6.07, 6.45) is 0. The number of carbonyl (C=O) groups excluding carboxylic acids is 1. The number of benzene rings is 1. The number of hydrogen-bond donors (Lipinski definition) is 0. The summed E-state index contributed by atoms with van der Waals surface area (Å²) in [7, 11) is 1.18. The van der Waals surface area contributed by atoms with Gasteiger partial charge in [0.15, 0.2) is 10.0 Å². The SMILES string of the molecule is COC(=O)c1sc(-c2c(F)cccc2F)nc1Cl. The first-order chi connectivity index (χ1) is 8.54. The van der Waals surface area contributed by atoms with Crippen LogP contribution in [0, 0.1) is 11.6 Å². The smallest absolute Gasteiger partial charge is 0.351 e. The molecule has 1 aromatic carbocycles. The van der Waals surface area contributed by atoms with Gasteiger partial charge in [0, 0.05) is 0 Å². The van der Waals surface area contributed by atoms with Crippen LogP contribution in [0.15, 0.2) is 18.2 Å². The second-order valence-electron chi connectivity index (χ2n) is 3.23. The van der Waals surface area contributed by atoms with E-state index in [1.165, 1.54) is 13.2 Å². The van der Waals surface area contributed by atoms with Crippen LogP contribution in [0.4, 0.5) is 8.78 Å². The van der Waals surface area contributed by atoms with Crippen LogP contribution in [0.5, 0.6) is 0 Å². The maximum atomic E-state index is 13.5. The summed E-state index contributed by atoms with van der Waals surface area (Å²) >= 11 is 6.50. The lowest BCUT2D eigenvalue weighted by Gasteiger charge is -1.99. The number of carbonyl (C=O) groups is 1. The molecule has 94 valence electrons. The molecule has 0 amide bonds. The highest BCUT2D eigenvalue weighted by Crippen LogP contribution is 2.34. The highest BCUT2D eigenvalue weighted by molar-refractivity contribution is 7.17. The average Bonchev–Trinajstić information content (AvgIpc) is 2.70. The zero-order valence-electron chi connectivity index (χ0n) is 9.04. The number of aromatic nitrogens is 1. The Balaban J connectivity index is 2.56. The maximum absolute atomic E-state index is 13.5. The summed E-state index contributed by atoms with van der Waals surface area (Å²) in [5.74, 6) is -2.23. The minimum Gasteiger partial charge on any atom is -0.465 e. The molecule has 0 bridgehead atoms. The van der Waals surface area contributed by atoms with Crippen molar-refractivity contribution >= 4 is 28.9 Å². The Hall–Kier alpha value is -1.53. The molecule has 0 unspecified atom stereocenters. The Morgan fingerprint density at radius 3 is 2.56 bits per heavy atom. The minimum atomic E-state index is -0.767. The number of nitrogens with zero attached hydrogens (tertiary/aromatic N) is 1. The van der Waals surface area contributed by atoms with Crippen LogP contribution in [0.1, 0.15) is 9.67 Å². The van der Waals surface area contributed by atoms with Crippen molar-refractivity contribution < 1.29 is 18.3 Å². The van der Waals surface area contributed by atoms with E-state index in [1.807, 2.05) is 0 Å². The predicted molar refractivity (Wildman–Crippen MR) is 63.8 cm³/mol. The number of esters is 1. The molecule has 7 heteroatoms. The van der Waals surface area contributed by atoms with Gasteiger partial charge in [-0.25, -0.2) is 18.6 Å². The average molecular weight is 290 g/mol. The van der Waals surface area contributed by atoms with E-state index in [0.29, 0.717) is 0 Å². The molecule has 3 nitrogen and oxygen atoms in total. The van der Waals surface area contributed by atoms with E-state index in [1.54, 1.807) is 0 Å². The molecule has 0 aliphatic rings. The van der Waals surface area contributed by atoms with Crippen LogP contribution in [0.25, 0.3) is 10.6 Å². The molecule has 0 spiro atoms. The Kier molecular flexibility index (Phi) is 3.58. The van der Waals surface area contributed by atoms with Gasteiger partial charge in [0.05, 0.1) is 12.7 Å². The molecule has 0 fully saturated rings. The Bertz CT molecular complexity index is 595. The van der Waals surface area contributed by atoms with Gasteiger partial charge in [-0.3, -0.25) is 0 Å². The molecular weight excluding hydrogens is 284 g/mol. The molecule has 0 aliphatic carbocycles. The maximum Gasteiger partial charge on any atom is 0.351 e. The monoisotopic (exact) mass is 289 g/mol. The van der Waals surface area contributed by atoms with Gasteiger partial charge in [-0.2, -0.15) is 0 Å². The Labute approximate surface area is 110 Å². The lowest BCUT2D eigenvalue weighted by molar-refractivity contribution is 0.0606. The molecule has 0 atom stereocenters. The largest absolute Gasteiger partial charge is 0.465 e. The number of halogens is 3. The summed E-state index contributed by atoms with van der Waals surface area (Å²) in [4.78, 5) is 15.1. The second-order valence-corrected chi connectivity index (χ2v) is 4.58. The number of thiazole rings is 1. The summed E-state index contributed by atoms with van der Waals surface area (Å²) in [5.41, 5.74) is -0.306. The van der Waals surface area contributed by atoms with E-state index in [9.17, 15) is 13.6 Å². The van der Waals surface area contributed by atoms with Crippen molar-refractivity contribution in [2.45, 2.75) is 0 Å². The van der Waals surface area contributed by atoms with E-state index in [4.69, 9.17) is 11.6 Å². The molecule has 1 heterocycles. The molecule has 0 saturated heterocycles. The molecule has 2 aromatic rings. The van der Waals surface area contributed by atoms with Gasteiger partial charge in [0.2, 0.25) is 0 Å². The van der Waals surface area contributed by atoms with E-state index in [0.717, 1.165) is 23.5 Å². The second kappa shape index (κ2) is 4.99. The van der Waals surface area contributed by atoms with Crippen molar-refractivity contribution in [1.82, 2.24) is 4.98 Å². The van der Waals surface area contributed by atoms with Gasteiger partial charge in [-0.05, 0) is 12.1 Å². The summed E-state index contributed by atoms with van der Waals surface area (Å²) in [6, 6.07) is 3.45. The molecule has 18 heavy (non-hydrogen) atoms. The molecule has 0 saturated carbocycles. The lowest BCUT2D eigenvalue weighted by Crippen LogP contribution is -1.98. The molecule has 1 aromatic heterocycles. The van der Waals surface area contributed by atoms with Crippen LogP contribution < -0.4 is 0 Å². The summed E-state index contributed by atoms with van der Waals surface area (Å²) < 4.78 is 31.5. The molecular formula is C11H6ClF2NO2S. The van der Waals surface area contributed by atoms with Gasteiger partial charge in [-0.15, -0.1) is 11.3 Å². The van der Waals surface area contributed by atoms with Crippen LogP contribution in [0.3, 0.4) is 0 Å². The van der Waals surface area contributed by atoms with Crippen molar-refractivity contribution in [3.05, 3.63) is 39.9 Å². The normalized spacial score (nSPS) is 10.4. The topological polar surface area (TPSA) is 39.2 Å². The highest BCUT2D eigenvalue weighted by atomic mass is 35.5. The first-order valence-corrected chi connectivity index (χ1v) is 5.93. The third-order valence-electron chi connectivity index (χ3n) is 2.13. The van der Waals surface area contributed by atoms with Gasteiger partial charge >= 0.3 is 5.97 Å². The van der Waals surface area contributed by atoms with E-state index < -0.39 is 17.6 Å². The fraction of sp³-hybridized carbons (Fsp3) is 0.0909. The number of rotatable bonds is 2. The first-order valence-electron chi connectivity index (χ1n) is 4.73. The molecule has 0 N–H and O–H groups in total. The summed E-state index contributed by atoms with van der Waals surface area (Å²) in [6.45, 7) is 0. The third kappa shape index (κ3) is 2.21. The predicted octanol–water partition coefficient (Wildman–Crippen LogP) is 3.53. The third-order valence-corrected chi connectivity index (χ3v) is 3.57. The van der Waals surface area contributed by atoms with Crippen molar-refractivity contribution in [3.8, 4) is 10.6 Å². The van der Waals surface area contributed by atoms with Gasteiger partial charge in [0.1, 0.15) is 16.6 Å². The van der Waals surface area contributed by atoms with Crippen LogP contribution >= 0.6 is 22.9 Å². The minimum absolute atomic E-state index is 0.00370. The fourth-order valence-corrected chi connectivity index (χ4v) is 2.58. The van der Waals surface area contributed by atoms with Gasteiger partial charge in [0.25, 0.3) is 0 Å². The van der Waals surface area contributed by atoms with Crippen molar-refractivity contribution in [2.75, 3.05) is 7.11 Å². The zero-order valence-corrected chi connectivity index (χ0v) is 10.6. The van der Waals surface area contributed by atoms with Gasteiger partial charge in [-0.1, -0.05) is 17.7 Å². The van der Waals surface area contributed by atoms with Gasteiger partial charge < -0.3 is 4.74 Å². The fourth-order valence-electron chi connectivity index (χ4n) is 1.33. The van der Waals surface area contributed by atoms with E-state index in [2.05, 4.69) is 9.72 Å². The Morgan fingerprint density at radius 2 is 2.00 bits per heavy atom. The standard InChI is InChI=1S/C11H6ClF2NO2S/c1-17-11(16)8-9(12)15-10(18-8)7-5(13)3-2-4-6(7)14/h2-4H,1H3. The molecule has 2 rings (SSSR count). The van der Waals surface area contributed by atoms with Crippen molar-refractivity contribution in [3.63, 3.8) is 0 Å². The first kappa shape index (κ1) is 12.9. The summed E-state index contributed by atoms with van der Waals surface area (Å²) in [5, 5.41) is -0.138. The quantitative estimate of drug-likeness (QED) is 0.794. The van der Waals surface area contributed by atoms with Crippen LogP contribution in [0.2, 0.25) is 5.15 Å². The molecule has 0 radical (unpaired) electrons. The Morgan fingerprint density at radius 1 is 1.39 bits per heavy atom. The number of ether oxygens (including phenoxy) is 1. The van der Waals surface area contributed by atoms with Crippen LogP contribution in [-0.4, -0.2) is 18.1 Å². The number of methoxy groups -OCH3 is 1. The zero-order chi connectivity index (χ0) is 13.3. The van der Waals surface area contributed by atoms with Crippen molar-refractivity contribution in [2.24, 2.45) is 0 Å². The molecule has 0 aliphatic heterocycles. The lowest BCUT2D eigenvalue weighted by atomic mass is 10.2. The van der Waals surface area contributed by atoms with Crippen LogP contribution in [-0.2, 0) is 4.74 Å². The van der Waals surface area contributed by atoms with E-state index >= 15 is 0 Å². The van der Waals surface area contributed by atoms with Crippen molar-refractivity contribution in [1.29, 1.82) is 0 Å². The van der Waals surface area contributed by atoms with E-state index in [-0.39, 0.29) is 20.6 Å². The highest BCUT2D eigenvalue weighted by Gasteiger charge is 2.21.